The summed E-state index contributed by atoms with van der Waals surface area (Å²) in [4.78, 5) is 10.7. The van der Waals surface area contributed by atoms with E-state index in [2.05, 4.69) is 0 Å². The molecule has 0 aromatic rings. The van der Waals surface area contributed by atoms with Crippen LogP contribution in [0.25, 0.3) is 0 Å². The van der Waals surface area contributed by atoms with Gasteiger partial charge in [-0.05, 0) is 25.1 Å². The summed E-state index contributed by atoms with van der Waals surface area (Å²) in [5.74, 6) is -0.574. The zero-order chi connectivity index (χ0) is 10.6. The molecule has 3 N–H and O–H groups in total. The Morgan fingerprint density at radius 2 is 1.88 bits per heavy atom. The van der Waals surface area contributed by atoms with Crippen molar-refractivity contribution in [3.63, 3.8) is 0 Å². The molecular weight excluding hydrogens is 254 g/mol. The average molecular weight is 273 g/mol. The molecule has 0 spiro atoms. The molecule has 0 aromatic heterocycles. The summed E-state index contributed by atoms with van der Waals surface area (Å²) < 4.78 is 0. The van der Waals surface area contributed by atoms with Gasteiger partial charge in [0.05, 0.1) is 5.92 Å². The molecule has 0 aliphatic heterocycles. The molecule has 0 aromatic carbocycles. The summed E-state index contributed by atoms with van der Waals surface area (Å²) >= 11 is 0. The van der Waals surface area contributed by atoms with E-state index in [1.807, 2.05) is 0 Å². The number of carbonyl (C=O) groups is 1. The number of carboxylic acid groups (broad SMARTS) is 1. The Hall–Kier alpha value is 0.0349. The van der Waals surface area contributed by atoms with Crippen LogP contribution in [0, 0.1) is 11.8 Å². The lowest BCUT2D eigenvalue weighted by atomic mass is 9.74. The van der Waals surface area contributed by atoms with Crippen LogP contribution in [-0.2, 0) is 4.79 Å². The summed E-state index contributed by atoms with van der Waals surface area (Å²) in [7, 11) is -1.25. The van der Waals surface area contributed by atoms with Crippen molar-refractivity contribution < 1.29 is 19.9 Å². The van der Waals surface area contributed by atoms with Crippen LogP contribution < -0.4 is 0 Å². The number of aliphatic carboxylic acids is 1. The van der Waals surface area contributed by atoms with Gasteiger partial charge in [0.25, 0.3) is 0 Å². The summed E-state index contributed by atoms with van der Waals surface area (Å²) in [6.45, 7) is 0. The molecule has 96 valence electrons. The first-order valence-corrected chi connectivity index (χ1v) is 5.18. The van der Waals surface area contributed by atoms with Crippen LogP contribution in [0.3, 0.4) is 0 Å². The molecule has 0 amide bonds. The topological polar surface area (TPSA) is 77.8 Å². The molecular formula is C9H19BCl2O4. The third-order valence-electron chi connectivity index (χ3n) is 2.97. The van der Waals surface area contributed by atoms with Crippen molar-refractivity contribution in [2.24, 2.45) is 11.8 Å². The number of halogens is 2. The first-order chi connectivity index (χ1) is 6.59. The van der Waals surface area contributed by atoms with Gasteiger partial charge in [-0.1, -0.05) is 19.3 Å². The molecule has 0 heterocycles. The van der Waals surface area contributed by atoms with Crippen LogP contribution in [0.2, 0.25) is 6.32 Å². The van der Waals surface area contributed by atoms with Gasteiger partial charge in [-0.2, -0.15) is 0 Å². The van der Waals surface area contributed by atoms with Crippen LogP contribution >= 0.6 is 24.8 Å². The van der Waals surface area contributed by atoms with E-state index in [4.69, 9.17) is 15.2 Å². The minimum atomic E-state index is -1.25. The molecule has 1 rings (SSSR count). The fourth-order valence-corrected chi connectivity index (χ4v) is 2.16. The SMILES string of the molecule is Cl.Cl.O=C(O)C1CCCC(CCB(O)O)C1. The molecule has 2 atom stereocenters. The molecule has 1 aliphatic carbocycles. The first kappa shape index (κ1) is 18.4. The van der Waals surface area contributed by atoms with Crippen LogP contribution in [0.4, 0.5) is 0 Å². The van der Waals surface area contributed by atoms with Crippen LogP contribution in [0.1, 0.15) is 32.1 Å². The predicted octanol–water partition coefficient (Wildman–Crippen LogP) is 1.58. The molecule has 4 nitrogen and oxygen atoms in total. The smallest absolute Gasteiger partial charge is 0.451 e. The number of hydrogen-bond donors (Lipinski definition) is 3. The van der Waals surface area contributed by atoms with Gasteiger partial charge >= 0.3 is 13.1 Å². The highest BCUT2D eigenvalue weighted by molar-refractivity contribution is 6.40. The normalized spacial score (nSPS) is 23.9. The third-order valence-corrected chi connectivity index (χ3v) is 2.97. The molecule has 7 heteroatoms. The second kappa shape index (κ2) is 9.11. The third kappa shape index (κ3) is 6.58. The Bertz CT molecular complexity index is 204. The van der Waals surface area contributed by atoms with Crippen molar-refractivity contribution >= 4 is 37.9 Å². The highest BCUT2D eigenvalue weighted by Gasteiger charge is 2.27. The second-order valence-corrected chi connectivity index (χ2v) is 4.13. The highest BCUT2D eigenvalue weighted by atomic mass is 35.5. The largest absolute Gasteiger partial charge is 0.481 e. The predicted molar refractivity (Wildman–Crippen MR) is 67.2 cm³/mol. The Labute approximate surface area is 108 Å². The highest BCUT2D eigenvalue weighted by Crippen LogP contribution is 2.32. The fraction of sp³-hybridized carbons (Fsp3) is 0.889. The van der Waals surface area contributed by atoms with E-state index in [1.54, 1.807) is 0 Å². The number of hydrogen-bond acceptors (Lipinski definition) is 3. The van der Waals surface area contributed by atoms with E-state index in [1.165, 1.54) is 0 Å². The lowest BCUT2D eigenvalue weighted by molar-refractivity contribution is -0.143. The van der Waals surface area contributed by atoms with Crippen LogP contribution in [-0.4, -0.2) is 28.2 Å². The van der Waals surface area contributed by atoms with Gasteiger partial charge in [0, 0.05) is 0 Å². The van der Waals surface area contributed by atoms with Gasteiger partial charge in [-0.15, -0.1) is 24.8 Å². The first-order valence-electron chi connectivity index (χ1n) is 5.18. The molecule has 0 saturated heterocycles. The maximum Gasteiger partial charge on any atom is 0.451 e. The van der Waals surface area contributed by atoms with Crippen LogP contribution in [0.5, 0.6) is 0 Å². The van der Waals surface area contributed by atoms with Crippen molar-refractivity contribution in [2.45, 2.75) is 38.4 Å². The number of rotatable bonds is 4. The van der Waals surface area contributed by atoms with Crippen molar-refractivity contribution in [3.8, 4) is 0 Å². The summed E-state index contributed by atoms with van der Waals surface area (Å²) in [6.07, 6.45) is 4.52. The molecule has 0 radical (unpaired) electrons. The van der Waals surface area contributed by atoms with Gasteiger partial charge in [-0.25, -0.2) is 0 Å². The fourth-order valence-electron chi connectivity index (χ4n) is 2.16. The van der Waals surface area contributed by atoms with E-state index in [0.29, 0.717) is 18.7 Å². The van der Waals surface area contributed by atoms with E-state index < -0.39 is 13.1 Å². The minimum Gasteiger partial charge on any atom is -0.481 e. The Balaban J connectivity index is 0. The molecule has 1 fully saturated rings. The molecule has 16 heavy (non-hydrogen) atoms. The molecule has 1 saturated carbocycles. The maximum absolute atomic E-state index is 10.7. The minimum absolute atomic E-state index is 0. The van der Waals surface area contributed by atoms with Crippen molar-refractivity contribution in [1.29, 1.82) is 0 Å². The molecule has 1 aliphatic rings. The zero-order valence-electron chi connectivity index (χ0n) is 9.04. The van der Waals surface area contributed by atoms with Gasteiger partial charge in [-0.3, -0.25) is 4.79 Å². The lowest BCUT2D eigenvalue weighted by Gasteiger charge is -2.26. The van der Waals surface area contributed by atoms with E-state index in [-0.39, 0.29) is 30.7 Å². The standard InChI is InChI=1S/C9H17BO4.2ClH/c11-9(12)8-3-1-2-7(6-8)4-5-10(13)14;;/h7-8,13-14H,1-6H2,(H,11,12);2*1H. The lowest BCUT2D eigenvalue weighted by Crippen LogP contribution is -2.23. The second-order valence-electron chi connectivity index (χ2n) is 4.13. The average Bonchev–Trinajstić information content (AvgIpc) is 2.15. The monoisotopic (exact) mass is 272 g/mol. The van der Waals surface area contributed by atoms with E-state index in [9.17, 15) is 4.79 Å². The van der Waals surface area contributed by atoms with Gasteiger partial charge < -0.3 is 15.2 Å². The van der Waals surface area contributed by atoms with Crippen molar-refractivity contribution in [2.75, 3.05) is 0 Å². The van der Waals surface area contributed by atoms with E-state index in [0.717, 1.165) is 25.7 Å². The Morgan fingerprint density at radius 3 is 2.38 bits per heavy atom. The van der Waals surface area contributed by atoms with Crippen LogP contribution in [0.15, 0.2) is 0 Å². The Morgan fingerprint density at radius 1 is 1.25 bits per heavy atom. The zero-order valence-corrected chi connectivity index (χ0v) is 10.7. The Kier molecular flexibility index (Phi) is 10.5. The summed E-state index contributed by atoms with van der Waals surface area (Å²) in [5, 5.41) is 26.2. The maximum atomic E-state index is 10.7. The van der Waals surface area contributed by atoms with E-state index >= 15 is 0 Å². The van der Waals surface area contributed by atoms with Gasteiger partial charge in [0.2, 0.25) is 0 Å². The quantitative estimate of drug-likeness (QED) is 0.679. The summed E-state index contributed by atoms with van der Waals surface area (Å²) in [6, 6.07) is 0. The van der Waals surface area contributed by atoms with Crippen molar-refractivity contribution in [1.82, 2.24) is 0 Å². The van der Waals surface area contributed by atoms with Gasteiger partial charge in [0.1, 0.15) is 0 Å². The number of carboxylic acids is 1. The molecule has 2 unspecified atom stereocenters. The van der Waals surface area contributed by atoms with Crippen molar-refractivity contribution in [3.05, 3.63) is 0 Å². The summed E-state index contributed by atoms with van der Waals surface area (Å²) in [5.41, 5.74) is 0. The molecule has 0 bridgehead atoms. The van der Waals surface area contributed by atoms with Gasteiger partial charge in [0.15, 0.2) is 0 Å².